The summed E-state index contributed by atoms with van der Waals surface area (Å²) in [4.78, 5) is 0. The molecule has 0 rings (SSSR count). The molecule has 0 radical (unpaired) electrons. The van der Waals surface area contributed by atoms with E-state index in [1.807, 2.05) is 0 Å². The normalized spacial score (nSPS) is 15.4. The van der Waals surface area contributed by atoms with Crippen LogP contribution in [0.3, 0.4) is 0 Å². The average molecular weight is 202 g/mol. The minimum atomic E-state index is 0.288. The van der Waals surface area contributed by atoms with E-state index in [4.69, 9.17) is 10.2 Å². The Morgan fingerprint density at radius 1 is 0.714 bits per heavy atom. The molecule has 2 atom stereocenters. The van der Waals surface area contributed by atoms with Crippen LogP contribution in [0, 0.1) is 11.8 Å². The molecule has 14 heavy (non-hydrogen) atoms. The van der Waals surface area contributed by atoms with Crippen molar-refractivity contribution in [1.82, 2.24) is 0 Å². The standard InChI is InChI=1S/C12H26O2/c1-3-5-11(7-9-13)12(6-4-2)8-10-14/h11-14H,3-10H2,1-2H3. The number of aliphatic hydroxyl groups is 2. The predicted octanol–water partition coefficient (Wildman–Crippen LogP) is 2.58. The van der Waals surface area contributed by atoms with Gasteiger partial charge in [0.1, 0.15) is 0 Å². The van der Waals surface area contributed by atoms with Crippen molar-refractivity contribution in [3.05, 3.63) is 0 Å². The molecule has 2 nitrogen and oxygen atoms in total. The van der Waals surface area contributed by atoms with Crippen molar-refractivity contribution in [3.8, 4) is 0 Å². The van der Waals surface area contributed by atoms with E-state index in [0.717, 1.165) is 12.8 Å². The summed E-state index contributed by atoms with van der Waals surface area (Å²) in [6, 6.07) is 0. The van der Waals surface area contributed by atoms with E-state index in [0.29, 0.717) is 11.8 Å². The van der Waals surface area contributed by atoms with Gasteiger partial charge in [-0.1, -0.05) is 39.5 Å². The molecule has 0 spiro atoms. The van der Waals surface area contributed by atoms with Gasteiger partial charge < -0.3 is 10.2 Å². The van der Waals surface area contributed by atoms with E-state index >= 15 is 0 Å². The molecular weight excluding hydrogens is 176 g/mol. The lowest BCUT2D eigenvalue weighted by molar-refractivity contribution is 0.167. The number of hydrogen-bond donors (Lipinski definition) is 2. The summed E-state index contributed by atoms with van der Waals surface area (Å²) in [5.74, 6) is 1.22. The van der Waals surface area contributed by atoms with Crippen molar-refractivity contribution in [2.75, 3.05) is 13.2 Å². The SMILES string of the molecule is CCCC(CCO)C(CCC)CCO. The Morgan fingerprint density at radius 2 is 1.07 bits per heavy atom. The van der Waals surface area contributed by atoms with Crippen LogP contribution in [-0.2, 0) is 0 Å². The first-order valence-corrected chi connectivity index (χ1v) is 6.01. The molecule has 0 aromatic rings. The second kappa shape index (κ2) is 9.47. The van der Waals surface area contributed by atoms with Crippen molar-refractivity contribution in [2.24, 2.45) is 11.8 Å². The number of aliphatic hydroxyl groups excluding tert-OH is 2. The molecule has 2 heteroatoms. The highest BCUT2D eigenvalue weighted by molar-refractivity contribution is 4.69. The van der Waals surface area contributed by atoms with Crippen LogP contribution in [0.5, 0.6) is 0 Å². The van der Waals surface area contributed by atoms with Gasteiger partial charge >= 0.3 is 0 Å². The van der Waals surface area contributed by atoms with E-state index in [9.17, 15) is 0 Å². The van der Waals surface area contributed by atoms with Crippen LogP contribution < -0.4 is 0 Å². The van der Waals surface area contributed by atoms with Crippen LogP contribution >= 0.6 is 0 Å². The predicted molar refractivity (Wildman–Crippen MR) is 60.2 cm³/mol. The lowest BCUT2D eigenvalue weighted by atomic mass is 9.81. The van der Waals surface area contributed by atoms with Gasteiger partial charge in [0.15, 0.2) is 0 Å². The molecule has 0 bridgehead atoms. The second-order valence-electron chi connectivity index (χ2n) is 4.12. The maximum absolute atomic E-state index is 8.99. The maximum atomic E-state index is 8.99. The molecule has 86 valence electrons. The third kappa shape index (κ3) is 5.61. The third-order valence-corrected chi connectivity index (χ3v) is 2.99. The van der Waals surface area contributed by atoms with Gasteiger partial charge in [0, 0.05) is 13.2 Å². The molecule has 0 aliphatic carbocycles. The van der Waals surface area contributed by atoms with E-state index in [2.05, 4.69) is 13.8 Å². The van der Waals surface area contributed by atoms with Crippen molar-refractivity contribution >= 4 is 0 Å². The van der Waals surface area contributed by atoms with Crippen LogP contribution in [0.15, 0.2) is 0 Å². The molecule has 0 saturated heterocycles. The van der Waals surface area contributed by atoms with E-state index in [1.54, 1.807) is 0 Å². The average Bonchev–Trinajstić information content (AvgIpc) is 2.17. The van der Waals surface area contributed by atoms with Gasteiger partial charge in [0.2, 0.25) is 0 Å². The Hall–Kier alpha value is -0.0800. The fourth-order valence-corrected chi connectivity index (χ4v) is 2.30. The summed E-state index contributed by atoms with van der Waals surface area (Å²) in [5.41, 5.74) is 0. The molecule has 0 fully saturated rings. The Balaban J connectivity index is 4.06. The largest absolute Gasteiger partial charge is 0.396 e. The number of hydrogen-bond acceptors (Lipinski definition) is 2. The Labute approximate surface area is 88.3 Å². The Bertz CT molecular complexity index is 88.9. The summed E-state index contributed by atoms with van der Waals surface area (Å²) in [6.45, 7) is 4.95. The maximum Gasteiger partial charge on any atom is 0.0433 e. The fourth-order valence-electron chi connectivity index (χ4n) is 2.30. The molecular formula is C12H26O2. The van der Waals surface area contributed by atoms with Gasteiger partial charge in [0.05, 0.1) is 0 Å². The summed E-state index contributed by atoms with van der Waals surface area (Å²) in [5, 5.41) is 18.0. The molecule has 0 aromatic heterocycles. The second-order valence-corrected chi connectivity index (χ2v) is 4.12. The molecule has 2 N–H and O–H groups in total. The molecule has 0 saturated carbocycles. The summed E-state index contributed by atoms with van der Waals surface area (Å²) in [7, 11) is 0. The van der Waals surface area contributed by atoms with Crippen LogP contribution in [0.4, 0.5) is 0 Å². The van der Waals surface area contributed by atoms with Gasteiger partial charge in [-0.3, -0.25) is 0 Å². The van der Waals surface area contributed by atoms with Crippen LogP contribution in [0.1, 0.15) is 52.4 Å². The lowest BCUT2D eigenvalue weighted by Crippen LogP contribution is -2.17. The Morgan fingerprint density at radius 3 is 1.29 bits per heavy atom. The van der Waals surface area contributed by atoms with Crippen molar-refractivity contribution in [3.63, 3.8) is 0 Å². The van der Waals surface area contributed by atoms with E-state index in [1.165, 1.54) is 25.7 Å². The fraction of sp³-hybridized carbons (Fsp3) is 1.00. The first-order valence-electron chi connectivity index (χ1n) is 6.01. The summed E-state index contributed by atoms with van der Waals surface area (Å²) >= 11 is 0. The molecule has 0 aliphatic heterocycles. The zero-order valence-electron chi connectivity index (χ0n) is 9.71. The van der Waals surface area contributed by atoms with Crippen molar-refractivity contribution in [2.45, 2.75) is 52.4 Å². The van der Waals surface area contributed by atoms with Crippen LogP contribution in [0.2, 0.25) is 0 Å². The van der Waals surface area contributed by atoms with E-state index in [-0.39, 0.29) is 13.2 Å². The minimum Gasteiger partial charge on any atom is -0.396 e. The van der Waals surface area contributed by atoms with Gasteiger partial charge in [-0.2, -0.15) is 0 Å². The zero-order valence-corrected chi connectivity index (χ0v) is 9.71. The first-order chi connectivity index (χ1) is 6.79. The molecule has 0 aliphatic rings. The topological polar surface area (TPSA) is 40.5 Å². The van der Waals surface area contributed by atoms with Gasteiger partial charge in [-0.05, 0) is 24.7 Å². The van der Waals surface area contributed by atoms with Gasteiger partial charge in [-0.25, -0.2) is 0 Å². The third-order valence-electron chi connectivity index (χ3n) is 2.99. The summed E-state index contributed by atoms with van der Waals surface area (Å²) in [6.07, 6.45) is 6.53. The minimum absolute atomic E-state index is 0.288. The highest BCUT2D eigenvalue weighted by atomic mass is 16.3. The Kier molecular flexibility index (Phi) is 9.42. The van der Waals surface area contributed by atoms with Crippen LogP contribution in [0.25, 0.3) is 0 Å². The van der Waals surface area contributed by atoms with Crippen molar-refractivity contribution in [1.29, 1.82) is 0 Å². The molecule has 0 aromatic carbocycles. The molecule has 0 heterocycles. The van der Waals surface area contributed by atoms with Crippen LogP contribution in [-0.4, -0.2) is 23.4 Å². The first kappa shape index (κ1) is 13.9. The van der Waals surface area contributed by atoms with Gasteiger partial charge in [-0.15, -0.1) is 0 Å². The van der Waals surface area contributed by atoms with E-state index < -0.39 is 0 Å². The highest BCUT2D eigenvalue weighted by Gasteiger charge is 2.18. The van der Waals surface area contributed by atoms with Gasteiger partial charge in [0.25, 0.3) is 0 Å². The van der Waals surface area contributed by atoms with Crippen molar-refractivity contribution < 1.29 is 10.2 Å². The smallest absolute Gasteiger partial charge is 0.0433 e. The zero-order chi connectivity index (χ0) is 10.8. The summed E-state index contributed by atoms with van der Waals surface area (Å²) < 4.78 is 0. The molecule has 0 amide bonds. The molecule has 2 unspecified atom stereocenters. The number of rotatable bonds is 9. The quantitative estimate of drug-likeness (QED) is 0.603. The monoisotopic (exact) mass is 202 g/mol. The highest BCUT2D eigenvalue weighted by Crippen LogP contribution is 2.27. The lowest BCUT2D eigenvalue weighted by Gasteiger charge is -2.25.